The highest BCUT2D eigenvalue weighted by Gasteiger charge is 2.25. The van der Waals surface area contributed by atoms with Crippen molar-refractivity contribution in [1.82, 2.24) is 20.0 Å². The van der Waals surface area contributed by atoms with Crippen molar-refractivity contribution in [3.05, 3.63) is 63.0 Å². The van der Waals surface area contributed by atoms with Crippen LogP contribution in [0, 0.1) is 0 Å². The van der Waals surface area contributed by atoms with Gasteiger partial charge in [-0.1, -0.05) is 36.7 Å². The Labute approximate surface area is 169 Å². The van der Waals surface area contributed by atoms with Crippen LogP contribution in [0.4, 0.5) is 0 Å². The first kappa shape index (κ1) is 20.5. The number of carbonyl (C=O) groups excluding carboxylic acids is 1. The van der Waals surface area contributed by atoms with Crippen molar-refractivity contribution in [3.8, 4) is 0 Å². The van der Waals surface area contributed by atoms with E-state index in [9.17, 15) is 9.59 Å². The maximum absolute atomic E-state index is 12.7. The zero-order valence-corrected chi connectivity index (χ0v) is 16.7. The standard InChI is InChI=1S/C20H25ClN4O3/c1-2-9-25-19(26)8-7-17(23-25)20(27)22-14-18(24-10-12-28-13-11-24)15-5-3-4-6-16(15)21/h3-8,18H,2,9-14H2,1H3,(H,22,27). The van der Waals surface area contributed by atoms with Crippen LogP contribution in [0.2, 0.25) is 5.02 Å². The number of benzene rings is 1. The lowest BCUT2D eigenvalue weighted by Crippen LogP contribution is -2.44. The van der Waals surface area contributed by atoms with Crippen LogP contribution in [0.3, 0.4) is 0 Å². The van der Waals surface area contributed by atoms with Crippen LogP contribution in [-0.4, -0.2) is 53.4 Å². The molecule has 7 nitrogen and oxygen atoms in total. The van der Waals surface area contributed by atoms with Crippen molar-refractivity contribution in [2.75, 3.05) is 32.8 Å². The average Bonchev–Trinajstić information content (AvgIpc) is 2.72. The van der Waals surface area contributed by atoms with Crippen LogP contribution in [0.15, 0.2) is 41.2 Å². The molecule has 150 valence electrons. The quantitative estimate of drug-likeness (QED) is 0.764. The molecule has 1 fully saturated rings. The fraction of sp³-hybridized carbons (Fsp3) is 0.450. The molecule has 0 radical (unpaired) electrons. The van der Waals surface area contributed by atoms with Crippen molar-refractivity contribution in [2.45, 2.75) is 25.9 Å². The first-order chi connectivity index (χ1) is 13.6. The second-order valence-corrected chi connectivity index (χ2v) is 7.08. The van der Waals surface area contributed by atoms with Gasteiger partial charge in [-0.3, -0.25) is 14.5 Å². The molecule has 1 aromatic heterocycles. The molecule has 2 aromatic rings. The molecular formula is C20H25ClN4O3. The van der Waals surface area contributed by atoms with Crippen molar-refractivity contribution in [1.29, 1.82) is 0 Å². The summed E-state index contributed by atoms with van der Waals surface area (Å²) >= 11 is 6.42. The van der Waals surface area contributed by atoms with Gasteiger partial charge in [-0.05, 0) is 24.1 Å². The predicted molar refractivity (Wildman–Crippen MR) is 108 cm³/mol. The number of amides is 1. The minimum absolute atomic E-state index is 0.0666. The zero-order chi connectivity index (χ0) is 19.9. The maximum atomic E-state index is 12.7. The van der Waals surface area contributed by atoms with Gasteiger partial charge in [-0.15, -0.1) is 0 Å². The number of ether oxygens (including phenoxy) is 1. The van der Waals surface area contributed by atoms with E-state index in [1.54, 1.807) is 0 Å². The van der Waals surface area contributed by atoms with Crippen molar-refractivity contribution >= 4 is 17.5 Å². The average molecular weight is 405 g/mol. The second-order valence-electron chi connectivity index (χ2n) is 6.68. The number of hydrogen-bond donors (Lipinski definition) is 1. The Morgan fingerprint density at radius 1 is 1.25 bits per heavy atom. The Balaban J connectivity index is 1.76. The molecule has 0 aliphatic carbocycles. The van der Waals surface area contributed by atoms with Crippen LogP contribution in [0.1, 0.15) is 35.4 Å². The van der Waals surface area contributed by atoms with Gasteiger partial charge < -0.3 is 10.1 Å². The highest BCUT2D eigenvalue weighted by molar-refractivity contribution is 6.31. The van der Waals surface area contributed by atoms with Crippen LogP contribution in [-0.2, 0) is 11.3 Å². The molecule has 28 heavy (non-hydrogen) atoms. The van der Waals surface area contributed by atoms with E-state index in [2.05, 4.69) is 15.3 Å². The molecule has 1 aromatic carbocycles. The molecule has 0 spiro atoms. The lowest BCUT2D eigenvalue weighted by atomic mass is 10.0. The van der Waals surface area contributed by atoms with Gasteiger partial charge in [0.05, 0.1) is 19.3 Å². The Bertz CT molecular complexity index is 865. The van der Waals surface area contributed by atoms with Gasteiger partial charge in [0.25, 0.3) is 11.5 Å². The minimum Gasteiger partial charge on any atom is -0.379 e. The van der Waals surface area contributed by atoms with Crippen molar-refractivity contribution in [2.24, 2.45) is 0 Å². The Morgan fingerprint density at radius 3 is 2.71 bits per heavy atom. The lowest BCUT2D eigenvalue weighted by molar-refractivity contribution is 0.0162. The number of rotatable bonds is 7. The van der Waals surface area contributed by atoms with Gasteiger partial charge >= 0.3 is 0 Å². The molecule has 1 atom stereocenters. The third kappa shape index (κ3) is 4.98. The van der Waals surface area contributed by atoms with E-state index in [4.69, 9.17) is 16.3 Å². The third-order valence-corrected chi connectivity index (χ3v) is 5.09. The van der Waals surface area contributed by atoms with E-state index in [1.807, 2.05) is 31.2 Å². The predicted octanol–water partition coefficient (Wildman–Crippen LogP) is 2.11. The fourth-order valence-corrected chi connectivity index (χ4v) is 3.55. The van der Waals surface area contributed by atoms with Crippen LogP contribution >= 0.6 is 11.6 Å². The van der Waals surface area contributed by atoms with E-state index in [0.717, 1.165) is 25.1 Å². The number of aryl methyl sites for hydroxylation is 1. The molecule has 3 rings (SSSR count). The summed E-state index contributed by atoms with van der Waals surface area (Å²) in [5, 5.41) is 7.80. The van der Waals surface area contributed by atoms with E-state index in [-0.39, 0.29) is 23.2 Å². The Morgan fingerprint density at radius 2 is 2.00 bits per heavy atom. The Hall–Kier alpha value is -2.22. The molecule has 1 unspecified atom stereocenters. The number of hydrogen-bond acceptors (Lipinski definition) is 5. The maximum Gasteiger partial charge on any atom is 0.271 e. The van der Waals surface area contributed by atoms with E-state index >= 15 is 0 Å². The summed E-state index contributed by atoms with van der Waals surface area (Å²) in [6.45, 7) is 5.66. The molecule has 1 saturated heterocycles. The molecule has 0 saturated carbocycles. The largest absolute Gasteiger partial charge is 0.379 e. The first-order valence-corrected chi connectivity index (χ1v) is 9.90. The number of nitrogens with one attached hydrogen (secondary N) is 1. The summed E-state index contributed by atoms with van der Waals surface area (Å²) in [4.78, 5) is 26.7. The summed E-state index contributed by atoms with van der Waals surface area (Å²) in [5.74, 6) is -0.310. The number of aromatic nitrogens is 2. The summed E-state index contributed by atoms with van der Waals surface area (Å²) in [7, 11) is 0. The number of nitrogens with zero attached hydrogens (tertiary/aromatic N) is 3. The van der Waals surface area contributed by atoms with Crippen molar-refractivity contribution < 1.29 is 9.53 Å². The van der Waals surface area contributed by atoms with Crippen LogP contribution in [0.5, 0.6) is 0 Å². The monoisotopic (exact) mass is 404 g/mol. The van der Waals surface area contributed by atoms with E-state index in [1.165, 1.54) is 16.8 Å². The molecule has 8 heteroatoms. The number of halogens is 1. The van der Waals surface area contributed by atoms with Crippen LogP contribution in [0.25, 0.3) is 0 Å². The summed E-state index contributed by atoms with van der Waals surface area (Å²) in [5.41, 5.74) is 0.990. The molecule has 0 bridgehead atoms. The summed E-state index contributed by atoms with van der Waals surface area (Å²) in [6.07, 6.45) is 0.767. The summed E-state index contributed by atoms with van der Waals surface area (Å²) in [6, 6.07) is 10.4. The normalized spacial score (nSPS) is 15.9. The second kappa shape index (κ2) is 9.82. The molecule has 1 N–H and O–H groups in total. The molecule has 1 amide bonds. The lowest BCUT2D eigenvalue weighted by Gasteiger charge is -2.35. The van der Waals surface area contributed by atoms with Gasteiger partial charge in [-0.25, -0.2) is 4.68 Å². The fourth-order valence-electron chi connectivity index (χ4n) is 3.29. The Kier molecular flexibility index (Phi) is 7.19. The number of carbonyl (C=O) groups is 1. The van der Waals surface area contributed by atoms with E-state index < -0.39 is 0 Å². The van der Waals surface area contributed by atoms with Gasteiger partial charge in [0, 0.05) is 37.3 Å². The first-order valence-electron chi connectivity index (χ1n) is 9.52. The summed E-state index contributed by atoms with van der Waals surface area (Å²) < 4.78 is 6.78. The van der Waals surface area contributed by atoms with Crippen molar-refractivity contribution in [3.63, 3.8) is 0 Å². The van der Waals surface area contributed by atoms with E-state index in [0.29, 0.717) is 31.3 Å². The third-order valence-electron chi connectivity index (χ3n) is 4.74. The SMILES string of the molecule is CCCn1nc(C(=O)NCC(c2ccccc2Cl)N2CCOCC2)ccc1=O. The molecule has 1 aliphatic heterocycles. The number of morpholine rings is 1. The van der Waals surface area contributed by atoms with Gasteiger partial charge in [0.2, 0.25) is 0 Å². The van der Waals surface area contributed by atoms with Crippen LogP contribution < -0.4 is 10.9 Å². The van der Waals surface area contributed by atoms with Gasteiger partial charge in [0.15, 0.2) is 0 Å². The van der Waals surface area contributed by atoms with Gasteiger partial charge in [-0.2, -0.15) is 5.10 Å². The topological polar surface area (TPSA) is 76.5 Å². The van der Waals surface area contributed by atoms with Gasteiger partial charge in [0.1, 0.15) is 5.69 Å². The molecule has 1 aliphatic rings. The highest BCUT2D eigenvalue weighted by Crippen LogP contribution is 2.27. The molecule has 2 heterocycles. The highest BCUT2D eigenvalue weighted by atomic mass is 35.5. The smallest absolute Gasteiger partial charge is 0.271 e. The zero-order valence-electron chi connectivity index (χ0n) is 15.9. The minimum atomic E-state index is -0.310. The molecular weight excluding hydrogens is 380 g/mol.